The number of carbonyl (C=O) groups excluding carboxylic acids is 1. The lowest BCUT2D eigenvalue weighted by Crippen LogP contribution is -2.31. The summed E-state index contributed by atoms with van der Waals surface area (Å²) in [5.41, 5.74) is 5.78. The fourth-order valence-electron chi connectivity index (χ4n) is 6.42. The molecule has 1 aliphatic rings. The van der Waals surface area contributed by atoms with Crippen molar-refractivity contribution in [3.05, 3.63) is 70.8 Å². The van der Waals surface area contributed by atoms with Crippen molar-refractivity contribution in [2.45, 2.75) is 19.3 Å². The number of ketones is 1. The Bertz CT molecular complexity index is 1460. The van der Waals surface area contributed by atoms with E-state index in [0.29, 0.717) is 158 Å². The molecule has 3 rings (SSSR count). The van der Waals surface area contributed by atoms with Gasteiger partial charge in [0, 0.05) is 83.7 Å². The Kier molecular flexibility index (Phi) is 31.7. The smallest absolute Gasteiger partial charge is 0.185 e. The SMILES string of the molecule is COCCOCCOCCCN(CCOCCOCCOC)c1ccc(/C=C2/CC/C(=C/c3ccc(N(CCOCCOCCOC)CCOCCOCCOC)cc3)C2=O)cc1. The van der Waals surface area contributed by atoms with Crippen molar-refractivity contribution in [1.82, 2.24) is 0 Å². The normalized spacial score (nSPS) is 14.1. The molecular weight excluding hydrogens is 813 g/mol. The molecule has 1 fully saturated rings. The first kappa shape index (κ1) is 54.0. The predicted octanol–water partition coefficient (Wildman–Crippen LogP) is 5.24. The van der Waals surface area contributed by atoms with Gasteiger partial charge in [-0.15, -0.1) is 0 Å². The maximum absolute atomic E-state index is 13.6. The van der Waals surface area contributed by atoms with E-state index in [1.165, 1.54) is 0 Å². The third-order valence-electron chi connectivity index (χ3n) is 9.89. The highest BCUT2D eigenvalue weighted by Crippen LogP contribution is 2.30. The van der Waals surface area contributed by atoms with Crippen LogP contribution >= 0.6 is 0 Å². The minimum atomic E-state index is 0.102. The van der Waals surface area contributed by atoms with Gasteiger partial charge in [-0.05, 0) is 66.8 Å². The fraction of sp³-hybridized carbons (Fsp3) is 0.646. The Morgan fingerprint density at radius 2 is 0.667 bits per heavy atom. The molecule has 0 bridgehead atoms. The second-order valence-electron chi connectivity index (χ2n) is 14.5. The van der Waals surface area contributed by atoms with Crippen molar-refractivity contribution in [3.8, 4) is 0 Å². The van der Waals surface area contributed by atoms with Crippen LogP contribution in [0.4, 0.5) is 11.4 Å². The van der Waals surface area contributed by atoms with E-state index in [0.717, 1.165) is 53.2 Å². The standard InChI is InChI=1S/C48H76N2O13/c1-52-24-28-60-36-32-56-20-5-16-49(17-21-57-33-37-61-29-25-53-2)46-12-6-42(7-13-46)40-44-10-11-45(48(44)51)41-43-8-14-47(15-9-43)50(18-22-58-34-38-62-30-26-54-3)19-23-59-35-39-63-31-27-55-4/h6-9,12-15,40-41H,5,10-11,16-39H2,1-4H3/b44-40-,45-41-. The predicted molar refractivity (Wildman–Crippen MR) is 246 cm³/mol. The van der Waals surface area contributed by atoms with Gasteiger partial charge in [-0.1, -0.05) is 24.3 Å². The zero-order valence-electron chi connectivity index (χ0n) is 38.6. The molecule has 1 aliphatic carbocycles. The molecule has 0 spiro atoms. The molecule has 0 aromatic heterocycles. The number of methoxy groups -OCH3 is 4. The first-order chi connectivity index (χ1) is 31.1. The van der Waals surface area contributed by atoms with Crippen LogP contribution in [-0.2, 0) is 61.6 Å². The maximum atomic E-state index is 13.6. The lowest BCUT2D eigenvalue weighted by molar-refractivity contribution is -0.111. The second kappa shape index (κ2) is 37.0. The lowest BCUT2D eigenvalue weighted by atomic mass is 10.1. The average Bonchev–Trinajstić information content (AvgIpc) is 3.64. The monoisotopic (exact) mass is 889 g/mol. The summed E-state index contributed by atoms with van der Waals surface area (Å²) in [5, 5.41) is 0. The minimum absolute atomic E-state index is 0.102. The summed E-state index contributed by atoms with van der Waals surface area (Å²) in [6, 6.07) is 16.7. The largest absolute Gasteiger partial charge is 0.382 e. The van der Waals surface area contributed by atoms with Crippen molar-refractivity contribution in [2.24, 2.45) is 0 Å². The van der Waals surface area contributed by atoms with Gasteiger partial charge >= 0.3 is 0 Å². The van der Waals surface area contributed by atoms with Crippen LogP contribution in [0.3, 0.4) is 0 Å². The van der Waals surface area contributed by atoms with Crippen LogP contribution in [0.5, 0.6) is 0 Å². The summed E-state index contributed by atoms with van der Waals surface area (Å²) >= 11 is 0. The molecule has 0 radical (unpaired) electrons. The van der Waals surface area contributed by atoms with E-state index >= 15 is 0 Å². The summed E-state index contributed by atoms with van der Waals surface area (Å²) in [6.07, 6.45) is 6.32. The third kappa shape index (κ3) is 25.1. The van der Waals surface area contributed by atoms with Crippen LogP contribution in [0.25, 0.3) is 12.2 Å². The Morgan fingerprint density at radius 1 is 0.381 bits per heavy atom. The van der Waals surface area contributed by atoms with Crippen LogP contribution in [-0.4, -0.2) is 193 Å². The molecule has 15 nitrogen and oxygen atoms in total. The molecule has 2 aromatic rings. The summed E-state index contributed by atoms with van der Waals surface area (Å²) in [4.78, 5) is 18.1. The number of allylic oxidation sites excluding steroid dienone is 2. The highest BCUT2D eigenvalue weighted by molar-refractivity contribution is 6.15. The fourth-order valence-corrected chi connectivity index (χ4v) is 6.42. The number of Topliss-reactive ketones (excluding diaryl/α,β-unsaturated/α-hetero) is 1. The second-order valence-corrected chi connectivity index (χ2v) is 14.5. The topological polar surface area (TPSA) is 134 Å². The van der Waals surface area contributed by atoms with Gasteiger partial charge in [0.05, 0.1) is 126 Å². The van der Waals surface area contributed by atoms with Crippen molar-refractivity contribution >= 4 is 29.3 Å². The van der Waals surface area contributed by atoms with Gasteiger partial charge in [-0.25, -0.2) is 0 Å². The summed E-state index contributed by atoms with van der Waals surface area (Å²) in [7, 11) is 6.63. The van der Waals surface area contributed by atoms with Crippen molar-refractivity contribution in [3.63, 3.8) is 0 Å². The Hall–Kier alpha value is -3.29. The van der Waals surface area contributed by atoms with Crippen molar-refractivity contribution in [1.29, 1.82) is 0 Å². The molecule has 356 valence electrons. The van der Waals surface area contributed by atoms with Crippen LogP contribution < -0.4 is 9.80 Å². The summed E-state index contributed by atoms with van der Waals surface area (Å²) in [5.74, 6) is 0.102. The zero-order valence-corrected chi connectivity index (χ0v) is 38.6. The maximum Gasteiger partial charge on any atom is 0.185 e. The zero-order chi connectivity index (χ0) is 44.8. The van der Waals surface area contributed by atoms with E-state index in [9.17, 15) is 4.79 Å². The van der Waals surface area contributed by atoms with Crippen LogP contribution in [0.15, 0.2) is 59.7 Å². The lowest BCUT2D eigenvalue weighted by Gasteiger charge is -2.25. The molecule has 0 N–H and O–H groups in total. The molecule has 0 atom stereocenters. The van der Waals surface area contributed by atoms with Gasteiger partial charge in [0.15, 0.2) is 5.78 Å². The summed E-state index contributed by atoms with van der Waals surface area (Å²) < 4.78 is 65.5. The molecular formula is C48H76N2O13. The van der Waals surface area contributed by atoms with Gasteiger partial charge in [0.2, 0.25) is 0 Å². The highest BCUT2D eigenvalue weighted by Gasteiger charge is 2.23. The molecule has 0 unspecified atom stereocenters. The average molecular weight is 889 g/mol. The summed E-state index contributed by atoms with van der Waals surface area (Å²) in [6.45, 7) is 14.0. The van der Waals surface area contributed by atoms with Crippen LogP contribution in [0.1, 0.15) is 30.4 Å². The van der Waals surface area contributed by atoms with E-state index in [1.807, 2.05) is 12.2 Å². The molecule has 0 aliphatic heterocycles. The number of nitrogens with zero attached hydrogens (tertiary/aromatic N) is 2. The molecule has 15 heteroatoms. The van der Waals surface area contributed by atoms with Gasteiger partial charge in [-0.3, -0.25) is 4.79 Å². The first-order valence-corrected chi connectivity index (χ1v) is 22.3. The Labute approximate surface area is 376 Å². The molecule has 1 saturated carbocycles. The quantitative estimate of drug-likeness (QED) is 0.0637. The number of hydrogen-bond donors (Lipinski definition) is 0. The molecule has 2 aromatic carbocycles. The van der Waals surface area contributed by atoms with Gasteiger partial charge < -0.3 is 66.6 Å². The first-order valence-electron chi connectivity index (χ1n) is 22.3. The van der Waals surface area contributed by atoms with E-state index < -0.39 is 0 Å². The molecule has 0 heterocycles. The van der Waals surface area contributed by atoms with Crippen molar-refractivity contribution < 1.29 is 61.6 Å². The van der Waals surface area contributed by atoms with Gasteiger partial charge in [0.1, 0.15) is 0 Å². The van der Waals surface area contributed by atoms with E-state index in [-0.39, 0.29) is 5.78 Å². The van der Waals surface area contributed by atoms with Gasteiger partial charge in [0.25, 0.3) is 0 Å². The molecule has 63 heavy (non-hydrogen) atoms. The number of benzene rings is 2. The number of anilines is 2. The van der Waals surface area contributed by atoms with Crippen LogP contribution in [0.2, 0.25) is 0 Å². The Morgan fingerprint density at radius 3 is 1.00 bits per heavy atom. The van der Waals surface area contributed by atoms with E-state index in [2.05, 4.69) is 58.3 Å². The minimum Gasteiger partial charge on any atom is -0.382 e. The van der Waals surface area contributed by atoms with E-state index in [1.54, 1.807) is 28.4 Å². The Balaban J connectivity index is 1.56. The van der Waals surface area contributed by atoms with Gasteiger partial charge in [-0.2, -0.15) is 0 Å². The third-order valence-corrected chi connectivity index (χ3v) is 9.89. The number of ether oxygens (including phenoxy) is 12. The van der Waals surface area contributed by atoms with Crippen LogP contribution in [0, 0.1) is 0 Å². The highest BCUT2D eigenvalue weighted by atomic mass is 16.6. The number of rotatable bonds is 41. The van der Waals surface area contributed by atoms with E-state index in [4.69, 9.17) is 56.8 Å². The molecule has 0 amide bonds. The number of hydrogen-bond acceptors (Lipinski definition) is 15. The number of carbonyl (C=O) groups is 1. The molecule has 0 saturated heterocycles. The van der Waals surface area contributed by atoms with Crippen molar-refractivity contribution in [2.75, 3.05) is 197 Å².